The number of fused-ring (bicyclic) bond motifs is 10. The molecule has 1 aromatic heterocycles. The minimum absolute atomic E-state index is 0.0566. The monoisotopic (exact) mass is 559 g/mol. The Morgan fingerprint density at radius 2 is 1.02 bits per heavy atom. The summed E-state index contributed by atoms with van der Waals surface area (Å²) in [5.41, 5.74) is 4.00. The van der Waals surface area contributed by atoms with Crippen molar-refractivity contribution in [1.29, 1.82) is 0 Å². The van der Waals surface area contributed by atoms with E-state index in [0.717, 1.165) is 22.3 Å². The summed E-state index contributed by atoms with van der Waals surface area (Å²) in [7, 11) is 0. The van der Waals surface area contributed by atoms with E-state index in [2.05, 4.69) is 15.6 Å². The number of ether oxygens (including phenoxy) is 2. The molecular formula is C33H25N3O6. The molecule has 3 aliphatic rings. The quantitative estimate of drug-likeness (QED) is 0.313. The maximum Gasteiger partial charge on any atom is 0.357 e. The molecule has 0 unspecified atom stereocenters. The molecular weight excluding hydrogens is 534 g/mol. The average molecular weight is 560 g/mol. The molecule has 9 nitrogen and oxygen atoms in total. The van der Waals surface area contributed by atoms with E-state index >= 15 is 0 Å². The summed E-state index contributed by atoms with van der Waals surface area (Å²) in [6, 6.07) is 24.7. The minimum atomic E-state index is -0.719. The van der Waals surface area contributed by atoms with E-state index in [4.69, 9.17) is 9.47 Å². The molecule has 0 saturated carbocycles. The lowest BCUT2D eigenvalue weighted by atomic mass is 10.0. The first-order valence-corrected chi connectivity index (χ1v) is 13.7. The number of nitrogens with zero attached hydrogens (tertiary/aromatic N) is 1. The van der Waals surface area contributed by atoms with Crippen LogP contribution in [0.2, 0.25) is 0 Å². The molecule has 3 aromatic carbocycles. The van der Waals surface area contributed by atoms with Gasteiger partial charge in [-0.15, -0.1) is 0 Å². The van der Waals surface area contributed by atoms with Crippen LogP contribution in [0.3, 0.4) is 0 Å². The van der Waals surface area contributed by atoms with Gasteiger partial charge in [-0.25, -0.2) is 14.6 Å². The van der Waals surface area contributed by atoms with Crippen LogP contribution < -0.4 is 10.6 Å². The molecule has 0 spiro atoms. The number of carbonyl (C=O) groups is 4. The van der Waals surface area contributed by atoms with E-state index in [0.29, 0.717) is 12.8 Å². The maximum atomic E-state index is 13.5. The lowest BCUT2D eigenvalue weighted by molar-refractivity contribution is 0.0212. The highest BCUT2D eigenvalue weighted by Gasteiger charge is 2.39. The van der Waals surface area contributed by atoms with Crippen molar-refractivity contribution in [3.8, 4) is 0 Å². The summed E-state index contributed by atoms with van der Waals surface area (Å²) in [6.07, 6.45) is -0.639. The molecule has 42 heavy (non-hydrogen) atoms. The molecule has 4 bridgehead atoms. The SMILES string of the molecule is O=C1N[C@@H]2c3ccccc3C[C@@H]2OC(=O)c2cccc(n2)C(=O)O[C@H]2Cc3ccccc3[C@H]2NC(=O)c2cccc1c2. The van der Waals surface area contributed by atoms with Crippen molar-refractivity contribution in [3.63, 3.8) is 0 Å². The Kier molecular flexibility index (Phi) is 6.27. The largest absolute Gasteiger partial charge is 0.455 e. The maximum absolute atomic E-state index is 13.5. The van der Waals surface area contributed by atoms with Crippen LogP contribution in [0.15, 0.2) is 91.0 Å². The molecule has 208 valence electrons. The van der Waals surface area contributed by atoms with Crippen LogP contribution in [0.1, 0.15) is 76.0 Å². The Morgan fingerprint density at radius 3 is 1.52 bits per heavy atom. The highest BCUT2D eigenvalue weighted by Crippen LogP contribution is 2.35. The zero-order valence-corrected chi connectivity index (χ0v) is 22.3. The van der Waals surface area contributed by atoms with Crippen molar-refractivity contribution < 1.29 is 28.7 Å². The third kappa shape index (κ3) is 4.58. The second-order valence-corrected chi connectivity index (χ2v) is 10.6. The fourth-order valence-electron chi connectivity index (χ4n) is 5.99. The molecule has 1 aliphatic heterocycles. The van der Waals surface area contributed by atoms with Crippen molar-refractivity contribution in [2.75, 3.05) is 0 Å². The highest BCUT2D eigenvalue weighted by molar-refractivity contribution is 6.00. The Bertz CT molecular complexity index is 1650. The number of carbonyl (C=O) groups excluding carboxylic acids is 4. The van der Waals surface area contributed by atoms with Gasteiger partial charge in [-0.1, -0.05) is 60.7 Å². The number of aromatic nitrogens is 1. The van der Waals surface area contributed by atoms with Crippen LogP contribution in [-0.4, -0.2) is 40.9 Å². The number of hydrogen-bond acceptors (Lipinski definition) is 7. The summed E-state index contributed by atoms with van der Waals surface area (Å²) >= 11 is 0. The van der Waals surface area contributed by atoms with Crippen molar-refractivity contribution in [2.24, 2.45) is 0 Å². The normalized spacial score (nSPS) is 23.0. The van der Waals surface area contributed by atoms with Crippen molar-refractivity contribution in [3.05, 3.63) is 136 Å². The van der Waals surface area contributed by atoms with Crippen molar-refractivity contribution >= 4 is 23.8 Å². The molecule has 2 amide bonds. The van der Waals surface area contributed by atoms with E-state index in [1.807, 2.05) is 48.5 Å². The van der Waals surface area contributed by atoms with Crippen molar-refractivity contribution in [2.45, 2.75) is 37.1 Å². The fourth-order valence-corrected chi connectivity index (χ4v) is 5.99. The molecule has 9 heteroatoms. The predicted octanol–water partition coefficient (Wildman–Crippen LogP) is 3.90. The van der Waals surface area contributed by atoms with Gasteiger partial charge in [0.15, 0.2) is 0 Å². The van der Waals surface area contributed by atoms with Gasteiger partial charge in [0.1, 0.15) is 23.6 Å². The number of benzene rings is 3. The van der Waals surface area contributed by atoms with Crippen LogP contribution in [-0.2, 0) is 22.3 Å². The lowest BCUT2D eigenvalue weighted by Crippen LogP contribution is -2.38. The average Bonchev–Trinajstić information content (AvgIpc) is 3.53. The number of rotatable bonds is 0. The van der Waals surface area contributed by atoms with Gasteiger partial charge in [0, 0.05) is 24.0 Å². The Labute approximate surface area is 240 Å². The van der Waals surface area contributed by atoms with E-state index in [1.54, 1.807) is 18.2 Å². The topological polar surface area (TPSA) is 124 Å². The molecule has 0 saturated heterocycles. The summed E-state index contributed by atoms with van der Waals surface area (Å²) in [5, 5.41) is 6.01. The van der Waals surface area contributed by atoms with Crippen molar-refractivity contribution in [1.82, 2.24) is 15.6 Å². The molecule has 2 aliphatic carbocycles. The van der Waals surface area contributed by atoms with Gasteiger partial charge in [0.25, 0.3) is 11.8 Å². The van der Waals surface area contributed by atoms with Gasteiger partial charge in [-0.2, -0.15) is 0 Å². The van der Waals surface area contributed by atoms with Crippen LogP contribution in [0.4, 0.5) is 0 Å². The van der Waals surface area contributed by atoms with Gasteiger partial charge in [-0.05, 0) is 52.6 Å². The Balaban J connectivity index is 1.29. The fraction of sp³-hybridized carbons (Fsp3) is 0.182. The zero-order chi connectivity index (χ0) is 28.8. The van der Waals surface area contributed by atoms with Gasteiger partial charge in [0.05, 0.1) is 12.1 Å². The molecule has 2 heterocycles. The molecule has 2 N–H and O–H groups in total. The third-order valence-electron chi connectivity index (χ3n) is 8.01. The van der Waals surface area contributed by atoms with E-state index in [9.17, 15) is 19.2 Å². The van der Waals surface area contributed by atoms with E-state index in [-0.39, 0.29) is 22.5 Å². The van der Waals surface area contributed by atoms with Gasteiger partial charge in [-0.3, -0.25) is 9.59 Å². The number of pyridine rings is 1. The summed E-state index contributed by atoms with van der Waals surface area (Å²) < 4.78 is 11.8. The molecule has 0 fully saturated rings. The zero-order valence-electron chi connectivity index (χ0n) is 22.3. The van der Waals surface area contributed by atoms with Crippen LogP contribution in [0.25, 0.3) is 0 Å². The predicted molar refractivity (Wildman–Crippen MR) is 150 cm³/mol. The highest BCUT2D eigenvalue weighted by atomic mass is 16.6. The van der Waals surface area contributed by atoms with Gasteiger partial charge < -0.3 is 20.1 Å². The third-order valence-corrected chi connectivity index (χ3v) is 8.01. The first-order chi connectivity index (χ1) is 20.4. The summed E-state index contributed by atoms with van der Waals surface area (Å²) in [6.45, 7) is 0. The molecule has 4 atom stereocenters. The van der Waals surface area contributed by atoms with E-state index < -0.39 is 48.0 Å². The Hall–Kier alpha value is -5.31. The minimum Gasteiger partial charge on any atom is -0.455 e. The lowest BCUT2D eigenvalue weighted by Gasteiger charge is -2.24. The van der Waals surface area contributed by atoms with E-state index in [1.165, 1.54) is 24.3 Å². The van der Waals surface area contributed by atoms with Gasteiger partial charge >= 0.3 is 11.9 Å². The summed E-state index contributed by atoms with van der Waals surface area (Å²) in [5.74, 6) is -2.26. The number of amides is 2. The second kappa shape index (κ2) is 10.3. The first-order valence-electron chi connectivity index (χ1n) is 13.7. The molecule has 4 aromatic rings. The first kappa shape index (κ1) is 25.6. The number of hydrogen-bond donors (Lipinski definition) is 2. The molecule has 0 radical (unpaired) electrons. The summed E-state index contributed by atoms with van der Waals surface area (Å²) in [4.78, 5) is 57.7. The number of nitrogens with one attached hydrogen (secondary N) is 2. The van der Waals surface area contributed by atoms with Gasteiger partial charge in [0.2, 0.25) is 0 Å². The standard InChI is InChI=1S/C33H25N3O6/c37-30-20-9-5-10-21(15-20)31(38)36-29-23-12-4-2-8-19(23)17-27(29)42-33(40)25-14-6-13-24(34-25)32(39)41-26-16-18-7-1-3-11-22(18)28(26)35-30/h1-15,26-29H,16-17H2,(H,35,37)(H,36,38)/t26-,27-,28+,29+/m0/s1. The van der Waals surface area contributed by atoms with Crippen LogP contribution >= 0.6 is 0 Å². The molecule has 7 rings (SSSR count). The van der Waals surface area contributed by atoms with Crippen LogP contribution in [0, 0.1) is 0 Å². The Morgan fingerprint density at radius 1 is 0.571 bits per heavy atom. The smallest absolute Gasteiger partial charge is 0.357 e. The van der Waals surface area contributed by atoms with Crippen LogP contribution in [0.5, 0.6) is 0 Å². The second-order valence-electron chi connectivity index (χ2n) is 10.6. The number of esters is 2.